The van der Waals surface area contributed by atoms with Gasteiger partial charge in [-0.1, -0.05) is 88.4 Å². The molecule has 9 heteroatoms. The van der Waals surface area contributed by atoms with Crippen molar-refractivity contribution in [3.8, 4) is 0 Å². The maximum absolute atomic E-state index is 13.9. The van der Waals surface area contributed by atoms with E-state index in [9.17, 15) is 18.0 Å². The molecule has 8 nitrogen and oxygen atoms in total. The number of benzene rings is 2. The van der Waals surface area contributed by atoms with Crippen molar-refractivity contribution in [2.75, 3.05) is 6.26 Å². The molecule has 0 aliphatic rings. The minimum absolute atomic E-state index is 0.0140. The van der Waals surface area contributed by atoms with Crippen molar-refractivity contribution in [2.24, 2.45) is 29.5 Å². The number of carbonyl (C=O) groups is 2. The second-order valence-corrected chi connectivity index (χ2v) is 12.4. The molecule has 0 heterocycles. The maximum atomic E-state index is 13.9. The first-order valence-corrected chi connectivity index (χ1v) is 14.0. The van der Waals surface area contributed by atoms with Crippen LogP contribution in [0.25, 0.3) is 0 Å². The van der Waals surface area contributed by atoms with Gasteiger partial charge in [0.1, 0.15) is 4.75 Å². The van der Waals surface area contributed by atoms with E-state index in [0.29, 0.717) is 5.56 Å². The molecule has 2 aromatic carbocycles. The summed E-state index contributed by atoms with van der Waals surface area (Å²) in [7, 11) is -3.96. The summed E-state index contributed by atoms with van der Waals surface area (Å²) in [6.07, 6.45) is 1.50. The Morgan fingerprint density at radius 3 is 1.94 bits per heavy atom. The van der Waals surface area contributed by atoms with Gasteiger partial charge in [0.25, 0.3) is 0 Å². The lowest BCUT2D eigenvalue weighted by Crippen LogP contribution is -2.56. The Hall–Kier alpha value is -2.75. The zero-order chi connectivity index (χ0) is 26.9. The highest BCUT2D eigenvalue weighted by Crippen LogP contribution is 2.47. The number of sulfone groups is 1. The average Bonchev–Trinajstić information content (AvgIpc) is 2.82. The van der Waals surface area contributed by atoms with E-state index in [2.05, 4.69) is 10.9 Å². The molecular weight excluding hydrogens is 478 g/mol. The summed E-state index contributed by atoms with van der Waals surface area (Å²) >= 11 is 0. The molecule has 0 fully saturated rings. The Morgan fingerprint density at radius 1 is 0.917 bits per heavy atom. The highest BCUT2D eigenvalue weighted by atomic mass is 32.2. The van der Waals surface area contributed by atoms with Gasteiger partial charge in [-0.05, 0) is 35.8 Å². The van der Waals surface area contributed by atoms with Gasteiger partial charge in [0, 0.05) is 6.26 Å². The molecule has 4 N–H and O–H groups in total. The van der Waals surface area contributed by atoms with Crippen LogP contribution in [0.1, 0.15) is 51.7 Å². The zero-order valence-corrected chi connectivity index (χ0v) is 22.5. The van der Waals surface area contributed by atoms with Gasteiger partial charge in [-0.2, -0.15) is 0 Å². The van der Waals surface area contributed by atoms with Gasteiger partial charge in [0.15, 0.2) is 9.84 Å². The van der Waals surface area contributed by atoms with E-state index < -0.39 is 38.2 Å². The third-order valence-corrected chi connectivity index (χ3v) is 8.26. The standard InChI is InChI=1S/C27H39N3O5S/c1-19(2)16-23(25(31)29-28)24(26(32)30-35-18-21-12-8-6-9-13-21)27(17-20(3)4,36(5,33)34)22-14-10-7-11-15-22/h6-15,19-20,23-24H,16-18,28H2,1-5H3,(H,29,31)(H,30,32)/t23-,24+,27?/m1/s1. The van der Waals surface area contributed by atoms with E-state index >= 15 is 0 Å². The van der Waals surface area contributed by atoms with Crippen LogP contribution in [0.3, 0.4) is 0 Å². The molecule has 198 valence electrons. The fourth-order valence-corrected chi connectivity index (χ4v) is 6.84. The Labute approximate surface area is 214 Å². The quantitative estimate of drug-likeness (QED) is 0.212. The molecule has 3 atom stereocenters. The maximum Gasteiger partial charge on any atom is 0.249 e. The third kappa shape index (κ3) is 7.15. The number of hydrogen-bond acceptors (Lipinski definition) is 6. The van der Waals surface area contributed by atoms with Gasteiger partial charge < -0.3 is 0 Å². The highest BCUT2D eigenvalue weighted by Gasteiger charge is 2.57. The van der Waals surface area contributed by atoms with E-state index in [1.54, 1.807) is 30.3 Å². The van der Waals surface area contributed by atoms with Gasteiger partial charge in [-0.25, -0.2) is 19.7 Å². The molecule has 0 radical (unpaired) electrons. The number of nitrogens with one attached hydrogen (secondary N) is 2. The predicted octanol–water partition coefficient (Wildman–Crippen LogP) is 3.49. The van der Waals surface area contributed by atoms with Crippen LogP contribution < -0.4 is 16.7 Å². The molecule has 2 rings (SSSR count). The second kappa shape index (κ2) is 13.0. The molecule has 36 heavy (non-hydrogen) atoms. The fourth-order valence-electron chi connectivity index (χ4n) is 4.90. The van der Waals surface area contributed by atoms with Crippen molar-refractivity contribution < 1.29 is 22.8 Å². The molecule has 0 saturated carbocycles. The van der Waals surface area contributed by atoms with Crippen molar-refractivity contribution in [3.63, 3.8) is 0 Å². The number of amides is 2. The molecule has 0 aromatic heterocycles. The molecule has 0 saturated heterocycles. The smallest absolute Gasteiger partial charge is 0.249 e. The Morgan fingerprint density at radius 2 is 1.47 bits per heavy atom. The van der Waals surface area contributed by atoms with Gasteiger partial charge in [-0.3, -0.25) is 19.9 Å². The highest BCUT2D eigenvalue weighted by molar-refractivity contribution is 7.91. The summed E-state index contributed by atoms with van der Waals surface area (Å²) < 4.78 is 25.8. The number of rotatable bonds is 13. The Bertz CT molecular complexity index is 1090. The van der Waals surface area contributed by atoms with Crippen LogP contribution in [0.15, 0.2) is 60.7 Å². The van der Waals surface area contributed by atoms with E-state index in [1.165, 1.54) is 0 Å². The van der Waals surface area contributed by atoms with Gasteiger partial charge in [0.05, 0.1) is 18.4 Å². The monoisotopic (exact) mass is 517 g/mol. The van der Waals surface area contributed by atoms with Crippen LogP contribution in [0.2, 0.25) is 0 Å². The third-order valence-electron chi connectivity index (χ3n) is 6.28. The van der Waals surface area contributed by atoms with E-state index in [-0.39, 0.29) is 31.3 Å². The first-order valence-electron chi connectivity index (χ1n) is 12.1. The molecule has 2 amide bonds. The van der Waals surface area contributed by atoms with E-state index in [0.717, 1.165) is 11.8 Å². The number of nitrogens with two attached hydrogens (primary N) is 1. The molecule has 1 unspecified atom stereocenters. The van der Waals surface area contributed by atoms with Crippen molar-refractivity contribution in [1.29, 1.82) is 0 Å². The Kier molecular flexibility index (Phi) is 10.6. The summed E-state index contributed by atoms with van der Waals surface area (Å²) in [5, 5.41) is 0. The zero-order valence-electron chi connectivity index (χ0n) is 21.7. The largest absolute Gasteiger partial charge is 0.294 e. The van der Waals surface area contributed by atoms with E-state index in [4.69, 9.17) is 10.7 Å². The molecule has 0 aliphatic carbocycles. The van der Waals surface area contributed by atoms with E-state index in [1.807, 2.05) is 58.0 Å². The molecular formula is C27H39N3O5S. The lowest BCUT2D eigenvalue weighted by atomic mass is 9.70. The number of carbonyl (C=O) groups excluding carboxylic acids is 2. The number of hydroxylamine groups is 1. The normalized spacial score (nSPS) is 15.2. The predicted molar refractivity (Wildman–Crippen MR) is 141 cm³/mol. The van der Waals surface area contributed by atoms with Gasteiger partial charge >= 0.3 is 0 Å². The van der Waals surface area contributed by atoms with Crippen molar-refractivity contribution in [3.05, 3.63) is 71.8 Å². The van der Waals surface area contributed by atoms with Gasteiger partial charge in [0.2, 0.25) is 11.8 Å². The first-order chi connectivity index (χ1) is 16.9. The second-order valence-electron chi connectivity index (χ2n) is 10.1. The minimum Gasteiger partial charge on any atom is -0.294 e. The van der Waals surface area contributed by atoms with Gasteiger partial charge in [-0.15, -0.1) is 0 Å². The molecule has 2 aromatic rings. The van der Waals surface area contributed by atoms with Crippen molar-refractivity contribution >= 4 is 21.7 Å². The SMILES string of the molecule is CC(C)C[C@@H](C(=O)NN)[C@@H](C(=O)NOCc1ccccc1)C(CC(C)C)(c1ccccc1)S(C)(=O)=O. The van der Waals surface area contributed by atoms with Crippen LogP contribution in [-0.4, -0.2) is 26.5 Å². The lowest BCUT2D eigenvalue weighted by Gasteiger charge is -2.43. The van der Waals surface area contributed by atoms with Crippen molar-refractivity contribution in [2.45, 2.75) is 51.9 Å². The minimum atomic E-state index is -3.96. The number of hydrogen-bond donors (Lipinski definition) is 3. The Balaban J connectivity index is 2.70. The summed E-state index contributed by atoms with van der Waals surface area (Å²) in [6.45, 7) is 7.68. The van der Waals surface area contributed by atoms with Crippen LogP contribution in [0, 0.1) is 23.7 Å². The summed E-state index contributed by atoms with van der Waals surface area (Å²) in [5.41, 5.74) is 5.90. The average molecular weight is 518 g/mol. The molecule has 0 aliphatic heterocycles. The first kappa shape index (κ1) is 29.5. The van der Waals surface area contributed by atoms with Crippen LogP contribution in [0.4, 0.5) is 0 Å². The molecule has 0 bridgehead atoms. The van der Waals surface area contributed by atoms with Crippen LogP contribution in [0.5, 0.6) is 0 Å². The lowest BCUT2D eigenvalue weighted by molar-refractivity contribution is -0.147. The summed E-state index contributed by atoms with van der Waals surface area (Å²) in [4.78, 5) is 32.6. The topological polar surface area (TPSA) is 128 Å². The summed E-state index contributed by atoms with van der Waals surface area (Å²) in [6, 6.07) is 17.9. The molecule has 0 spiro atoms. The fraction of sp³-hybridized carbons (Fsp3) is 0.481. The van der Waals surface area contributed by atoms with Crippen LogP contribution >= 0.6 is 0 Å². The van der Waals surface area contributed by atoms with Crippen molar-refractivity contribution in [1.82, 2.24) is 10.9 Å². The van der Waals surface area contributed by atoms with Crippen LogP contribution in [-0.2, 0) is 35.6 Å². The summed E-state index contributed by atoms with van der Waals surface area (Å²) in [5.74, 6) is 1.81. The number of hydrazine groups is 1.